The Morgan fingerprint density at radius 2 is 1.84 bits per heavy atom. The Kier molecular flexibility index (Phi) is 7.14. The Labute approximate surface area is 186 Å². The molecule has 0 heterocycles. The van der Waals surface area contributed by atoms with Crippen LogP contribution in [0.5, 0.6) is 5.75 Å². The number of nitrogens with one attached hydrogen (secondary N) is 1. The van der Waals surface area contributed by atoms with Crippen molar-refractivity contribution in [3.63, 3.8) is 0 Å². The summed E-state index contributed by atoms with van der Waals surface area (Å²) < 4.78 is 6.65. The number of nitro benzene ring substituents is 1. The van der Waals surface area contributed by atoms with Crippen molar-refractivity contribution in [3.8, 4) is 11.8 Å². The van der Waals surface area contributed by atoms with Gasteiger partial charge in [-0.1, -0.05) is 46.3 Å². The van der Waals surface area contributed by atoms with Gasteiger partial charge in [-0.3, -0.25) is 14.9 Å². The zero-order chi connectivity index (χ0) is 22.2. The molecule has 0 aromatic heterocycles. The van der Waals surface area contributed by atoms with Crippen molar-refractivity contribution in [2.45, 2.75) is 6.61 Å². The third kappa shape index (κ3) is 6.01. The van der Waals surface area contributed by atoms with Gasteiger partial charge in [-0.2, -0.15) is 5.26 Å². The standard InChI is InChI=1S/C23H16BrN3O4/c24-19-6-11-22(31-15-16-4-2-1-3-5-16)17(13-19)12-18(14-25)23(28)26-20-7-9-21(10-8-20)27(29)30/h1-13H,15H2,(H,26,28)/b18-12+. The van der Waals surface area contributed by atoms with E-state index in [1.54, 1.807) is 18.2 Å². The third-order valence-electron chi connectivity index (χ3n) is 4.21. The molecule has 0 aliphatic rings. The summed E-state index contributed by atoms with van der Waals surface area (Å²) in [5, 5.41) is 22.8. The average Bonchev–Trinajstić information content (AvgIpc) is 2.77. The van der Waals surface area contributed by atoms with Gasteiger partial charge in [0.25, 0.3) is 11.6 Å². The van der Waals surface area contributed by atoms with Gasteiger partial charge in [0.2, 0.25) is 0 Å². The number of non-ortho nitro benzene ring substituents is 1. The van der Waals surface area contributed by atoms with E-state index in [4.69, 9.17) is 4.74 Å². The molecule has 0 aliphatic carbocycles. The summed E-state index contributed by atoms with van der Waals surface area (Å²) >= 11 is 3.39. The summed E-state index contributed by atoms with van der Waals surface area (Å²) in [6.07, 6.45) is 1.44. The maximum atomic E-state index is 12.6. The monoisotopic (exact) mass is 477 g/mol. The van der Waals surface area contributed by atoms with Crippen molar-refractivity contribution in [1.82, 2.24) is 0 Å². The quantitative estimate of drug-likeness (QED) is 0.210. The van der Waals surface area contributed by atoms with Gasteiger partial charge in [-0.15, -0.1) is 0 Å². The molecule has 0 unspecified atom stereocenters. The fourth-order valence-corrected chi connectivity index (χ4v) is 3.05. The summed E-state index contributed by atoms with van der Waals surface area (Å²) in [5.74, 6) is -0.117. The number of nitriles is 1. The largest absolute Gasteiger partial charge is 0.488 e. The highest BCUT2D eigenvalue weighted by molar-refractivity contribution is 9.10. The number of ether oxygens (including phenoxy) is 1. The first-order valence-electron chi connectivity index (χ1n) is 9.10. The van der Waals surface area contributed by atoms with Gasteiger partial charge in [-0.25, -0.2) is 0 Å². The lowest BCUT2D eigenvalue weighted by molar-refractivity contribution is -0.384. The predicted octanol–water partition coefficient (Wildman–Crippen LogP) is 5.48. The van der Waals surface area contributed by atoms with Gasteiger partial charge >= 0.3 is 0 Å². The van der Waals surface area contributed by atoms with Crippen LogP contribution in [0.2, 0.25) is 0 Å². The predicted molar refractivity (Wildman–Crippen MR) is 120 cm³/mol. The lowest BCUT2D eigenvalue weighted by Gasteiger charge is -2.11. The Morgan fingerprint density at radius 3 is 2.48 bits per heavy atom. The van der Waals surface area contributed by atoms with Crippen LogP contribution >= 0.6 is 15.9 Å². The third-order valence-corrected chi connectivity index (χ3v) is 4.70. The van der Waals surface area contributed by atoms with Crippen LogP contribution < -0.4 is 10.1 Å². The van der Waals surface area contributed by atoms with E-state index in [0.717, 1.165) is 10.0 Å². The number of hydrogen-bond acceptors (Lipinski definition) is 5. The summed E-state index contributed by atoms with van der Waals surface area (Å²) in [5.41, 5.74) is 1.65. The number of nitrogens with zero attached hydrogens (tertiary/aromatic N) is 2. The van der Waals surface area contributed by atoms with Crippen LogP contribution in [-0.4, -0.2) is 10.8 Å². The van der Waals surface area contributed by atoms with Crippen molar-refractivity contribution >= 4 is 39.3 Å². The minimum atomic E-state index is -0.634. The van der Waals surface area contributed by atoms with E-state index in [0.29, 0.717) is 23.6 Å². The lowest BCUT2D eigenvalue weighted by Crippen LogP contribution is -2.13. The summed E-state index contributed by atoms with van der Waals surface area (Å²) in [7, 11) is 0. The smallest absolute Gasteiger partial charge is 0.269 e. The van der Waals surface area contributed by atoms with E-state index >= 15 is 0 Å². The van der Waals surface area contributed by atoms with Crippen molar-refractivity contribution in [1.29, 1.82) is 5.26 Å². The van der Waals surface area contributed by atoms with Gasteiger partial charge in [0.1, 0.15) is 24.0 Å². The molecule has 0 fully saturated rings. The van der Waals surface area contributed by atoms with Gasteiger partial charge in [0.15, 0.2) is 0 Å². The van der Waals surface area contributed by atoms with Crippen LogP contribution in [0.25, 0.3) is 6.08 Å². The first-order valence-corrected chi connectivity index (χ1v) is 9.89. The number of halogens is 1. The van der Waals surface area contributed by atoms with E-state index in [1.165, 1.54) is 30.3 Å². The molecule has 3 aromatic carbocycles. The highest BCUT2D eigenvalue weighted by atomic mass is 79.9. The minimum Gasteiger partial charge on any atom is -0.488 e. The number of carbonyl (C=O) groups is 1. The molecule has 0 radical (unpaired) electrons. The number of nitro groups is 1. The number of benzene rings is 3. The van der Waals surface area contributed by atoms with E-state index in [-0.39, 0.29) is 11.3 Å². The second kappa shape index (κ2) is 10.2. The first-order chi connectivity index (χ1) is 15.0. The van der Waals surface area contributed by atoms with Crippen LogP contribution in [0, 0.1) is 21.4 Å². The summed E-state index contributed by atoms with van der Waals surface area (Å²) in [6.45, 7) is 0.334. The maximum absolute atomic E-state index is 12.6. The van der Waals surface area contributed by atoms with Gasteiger partial charge < -0.3 is 10.1 Å². The number of carbonyl (C=O) groups excluding carboxylic acids is 1. The molecule has 1 N–H and O–H groups in total. The Morgan fingerprint density at radius 1 is 1.13 bits per heavy atom. The molecular formula is C23H16BrN3O4. The van der Waals surface area contributed by atoms with E-state index in [1.807, 2.05) is 36.4 Å². The molecular weight excluding hydrogens is 462 g/mol. The zero-order valence-corrected chi connectivity index (χ0v) is 17.7. The molecule has 31 heavy (non-hydrogen) atoms. The fourth-order valence-electron chi connectivity index (χ4n) is 2.67. The van der Waals surface area contributed by atoms with Gasteiger partial charge in [0, 0.05) is 27.9 Å². The average molecular weight is 478 g/mol. The molecule has 0 spiro atoms. The van der Waals surface area contributed by atoms with E-state index < -0.39 is 10.8 Å². The molecule has 7 nitrogen and oxygen atoms in total. The zero-order valence-electron chi connectivity index (χ0n) is 16.1. The van der Waals surface area contributed by atoms with Crippen LogP contribution in [0.3, 0.4) is 0 Å². The maximum Gasteiger partial charge on any atom is 0.269 e. The van der Waals surface area contributed by atoms with Crippen LogP contribution in [0.1, 0.15) is 11.1 Å². The molecule has 3 aromatic rings. The molecule has 8 heteroatoms. The second-order valence-corrected chi connectivity index (χ2v) is 7.30. The van der Waals surface area contributed by atoms with Crippen molar-refractivity contribution in [3.05, 3.63) is 104 Å². The van der Waals surface area contributed by atoms with Crippen molar-refractivity contribution < 1.29 is 14.5 Å². The lowest BCUT2D eigenvalue weighted by atomic mass is 10.1. The fraction of sp³-hybridized carbons (Fsp3) is 0.0435. The summed E-state index contributed by atoms with van der Waals surface area (Å²) in [4.78, 5) is 22.8. The van der Waals surface area contributed by atoms with E-state index in [9.17, 15) is 20.2 Å². The highest BCUT2D eigenvalue weighted by Crippen LogP contribution is 2.27. The van der Waals surface area contributed by atoms with Gasteiger partial charge in [0.05, 0.1) is 4.92 Å². The molecule has 0 saturated heterocycles. The van der Waals surface area contributed by atoms with Gasteiger partial charge in [-0.05, 0) is 42.0 Å². The molecule has 0 aliphatic heterocycles. The second-order valence-electron chi connectivity index (χ2n) is 6.38. The van der Waals surface area contributed by atoms with Crippen molar-refractivity contribution in [2.24, 2.45) is 0 Å². The highest BCUT2D eigenvalue weighted by Gasteiger charge is 2.13. The number of anilines is 1. The Hall–Kier alpha value is -3.96. The van der Waals surface area contributed by atoms with Crippen molar-refractivity contribution in [2.75, 3.05) is 5.32 Å². The number of amides is 1. The first kappa shape index (κ1) is 21.7. The molecule has 3 rings (SSSR count). The molecule has 0 bridgehead atoms. The number of rotatable bonds is 7. The molecule has 1 amide bonds. The molecule has 0 atom stereocenters. The van der Waals surface area contributed by atoms with Crippen LogP contribution in [0.4, 0.5) is 11.4 Å². The van der Waals surface area contributed by atoms with Crippen LogP contribution in [-0.2, 0) is 11.4 Å². The van der Waals surface area contributed by atoms with E-state index in [2.05, 4.69) is 21.2 Å². The minimum absolute atomic E-state index is 0.0941. The Bertz CT molecular complexity index is 1170. The molecule has 154 valence electrons. The summed E-state index contributed by atoms with van der Waals surface area (Å²) in [6, 6.07) is 22.2. The Balaban J connectivity index is 1.80. The van der Waals surface area contributed by atoms with Crippen LogP contribution in [0.15, 0.2) is 82.8 Å². The topological polar surface area (TPSA) is 105 Å². The normalized spacial score (nSPS) is 10.8. The number of hydrogen-bond donors (Lipinski definition) is 1. The SMILES string of the molecule is N#C/C(=C\c1cc(Br)ccc1OCc1ccccc1)C(=O)Nc1ccc([N+](=O)[O-])cc1. The molecule has 0 saturated carbocycles.